The van der Waals surface area contributed by atoms with Crippen molar-refractivity contribution >= 4 is 11.6 Å². The molecule has 2 rings (SSSR count). The quantitative estimate of drug-likeness (QED) is 0.629. The van der Waals surface area contributed by atoms with Crippen LogP contribution in [-0.2, 0) is 17.8 Å². The minimum Gasteiger partial charge on any atom is -0.351 e. The summed E-state index contributed by atoms with van der Waals surface area (Å²) in [6, 6.07) is 6.07. The fourth-order valence-corrected chi connectivity index (χ4v) is 1.99. The second-order valence-electron chi connectivity index (χ2n) is 4.65. The molecule has 0 radical (unpaired) electrons. The molecule has 1 aromatic heterocycles. The van der Waals surface area contributed by atoms with Gasteiger partial charge in [-0.25, -0.2) is 4.98 Å². The third kappa shape index (κ3) is 4.10. The summed E-state index contributed by atoms with van der Waals surface area (Å²) in [4.78, 5) is 26.2. The number of nitrogens with one attached hydrogen (secondary N) is 1. The van der Waals surface area contributed by atoms with Crippen LogP contribution in [0.2, 0.25) is 0 Å². The van der Waals surface area contributed by atoms with Crippen molar-refractivity contribution in [3.8, 4) is 0 Å². The molecule has 21 heavy (non-hydrogen) atoms. The third-order valence-electron chi connectivity index (χ3n) is 2.87. The van der Waals surface area contributed by atoms with Gasteiger partial charge in [-0.1, -0.05) is 18.2 Å². The predicted octanol–water partition coefficient (Wildman–Crippen LogP) is 0.934. The number of benzene rings is 1. The maximum Gasteiger partial charge on any atom is 0.273 e. The zero-order valence-electron chi connectivity index (χ0n) is 11.5. The lowest BCUT2D eigenvalue weighted by molar-refractivity contribution is -0.385. The summed E-state index contributed by atoms with van der Waals surface area (Å²) >= 11 is 0. The van der Waals surface area contributed by atoms with Crippen LogP contribution >= 0.6 is 0 Å². The zero-order chi connectivity index (χ0) is 15.2. The van der Waals surface area contributed by atoms with Crippen molar-refractivity contribution in [1.29, 1.82) is 0 Å². The number of rotatable bonds is 6. The Labute approximate surface area is 121 Å². The molecule has 1 N–H and O–H groups in total. The standard InChI is InChI=1S/C13H15N5O3/c1-10(7-17-9-14-8-15-17)16-13(19)6-11-4-2-3-5-12(11)18(20)21/h2-5,8-10H,6-7H2,1H3,(H,16,19). The topological polar surface area (TPSA) is 103 Å². The SMILES string of the molecule is CC(Cn1cncn1)NC(=O)Cc1ccccc1[N+](=O)[O-]. The van der Waals surface area contributed by atoms with Crippen LogP contribution < -0.4 is 5.32 Å². The molecule has 1 unspecified atom stereocenters. The van der Waals surface area contributed by atoms with Gasteiger partial charge in [-0.3, -0.25) is 19.6 Å². The Bertz CT molecular complexity index is 626. The van der Waals surface area contributed by atoms with Gasteiger partial charge in [0.1, 0.15) is 12.7 Å². The van der Waals surface area contributed by atoms with Gasteiger partial charge >= 0.3 is 0 Å². The Morgan fingerprint density at radius 2 is 2.24 bits per heavy atom. The number of nitrogens with zero attached hydrogens (tertiary/aromatic N) is 4. The van der Waals surface area contributed by atoms with Crippen LogP contribution in [0.3, 0.4) is 0 Å². The molecule has 2 aromatic rings. The van der Waals surface area contributed by atoms with E-state index in [4.69, 9.17) is 0 Å². The lowest BCUT2D eigenvalue weighted by Crippen LogP contribution is -2.36. The Kier molecular flexibility index (Phi) is 4.60. The summed E-state index contributed by atoms with van der Waals surface area (Å²) < 4.78 is 1.61. The number of carbonyl (C=O) groups is 1. The Balaban J connectivity index is 1.94. The summed E-state index contributed by atoms with van der Waals surface area (Å²) in [6.07, 6.45) is 2.95. The van der Waals surface area contributed by atoms with Gasteiger partial charge in [-0.05, 0) is 6.92 Å². The molecule has 1 aromatic carbocycles. The molecule has 0 saturated carbocycles. The van der Waals surface area contributed by atoms with E-state index in [1.165, 1.54) is 12.4 Å². The smallest absolute Gasteiger partial charge is 0.273 e. The fraction of sp³-hybridized carbons (Fsp3) is 0.308. The van der Waals surface area contributed by atoms with Crippen molar-refractivity contribution < 1.29 is 9.72 Å². The molecule has 1 amide bonds. The van der Waals surface area contributed by atoms with E-state index >= 15 is 0 Å². The van der Waals surface area contributed by atoms with Crippen molar-refractivity contribution in [3.63, 3.8) is 0 Å². The van der Waals surface area contributed by atoms with Gasteiger partial charge in [0, 0.05) is 17.7 Å². The van der Waals surface area contributed by atoms with E-state index in [0.29, 0.717) is 12.1 Å². The van der Waals surface area contributed by atoms with Gasteiger partial charge in [0.25, 0.3) is 5.69 Å². The monoisotopic (exact) mass is 289 g/mol. The molecule has 0 fully saturated rings. The van der Waals surface area contributed by atoms with Crippen molar-refractivity contribution in [2.45, 2.75) is 25.9 Å². The van der Waals surface area contributed by atoms with Crippen molar-refractivity contribution in [3.05, 3.63) is 52.6 Å². The molecule has 0 aliphatic heterocycles. The van der Waals surface area contributed by atoms with E-state index in [2.05, 4.69) is 15.4 Å². The van der Waals surface area contributed by atoms with E-state index < -0.39 is 4.92 Å². The Hall–Kier alpha value is -2.77. The number of aromatic nitrogens is 3. The van der Waals surface area contributed by atoms with Crippen LogP contribution in [0.25, 0.3) is 0 Å². The van der Waals surface area contributed by atoms with Crippen molar-refractivity contribution in [2.24, 2.45) is 0 Å². The van der Waals surface area contributed by atoms with Gasteiger partial charge in [-0.2, -0.15) is 5.10 Å². The number of hydrogen-bond donors (Lipinski definition) is 1. The number of nitro benzene ring substituents is 1. The second kappa shape index (κ2) is 6.60. The lowest BCUT2D eigenvalue weighted by atomic mass is 10.1. The van der Waals surface area contributed by atoms with Crippen molar-refractivity contribution in [2.75, 3.05) is 0 Å². The Morgan fingerprint density at radius 1 is 1.48 bits per heavy atom. The van der Waals surface area contributed by atoms with Crippen LogP contribution in [0.15, 0.2) is 36.9 Å². The van der Waals surface area contributed by atoms with Gasteiger partial charge < -0.3 is 5.32 Å². The molecule has 0 bridgehead atoms. The largest absolute Gasteiger partial charge is 0.351 e. The van der Waals surface area contributed by atoms with Crippen LogP contribution in [0.4, 0.5) is 5.69 Å². The molecule has 0 saturated heterocycles. The van der Waals surface area contributed by atoms with Gasteiger partial charge in [0.2, 0.25) is 5.91 Å². The summed E-state index contributed by atoms with van der Waals surface area (Å²) in [6.45, 7) is 2.32. The van der Waals surface area contributed by atoms with E-state index in [-0.39, 0.29) is 24.1 Å². The second-order valence-corrected chi connectivity index (χ2v) is 4.65. The van der Waals surface area contributed by atoms with Crippen LogP contribution in [0.5, 0.6) is 0 Å². The predicted molar refractivity (Wildman–Crippen MR) is 74.4 cm³/mol. The molecule has 1 atom stereocenters. The van der Waals surface area contributed by atoms with Crippen molar-refractivity contribution in [1.82, 2.24) is 20.1 Å². The number of nitro groups is 1. The molecule has 0 aliphatic carbocycles. The number of amides is 1. The number of hydrogen-bond acceptors (Lipinski definition) is 5. The molecule has 8 nitrogen and oxygen atoms in total. The normalized spacial score (nSPS) is 11.9. The Morgan fingerprint density at radius 3 is 2.90 bits per heavy atom. The molecule has 1 heterocycles. The summed E-state index contributed by atoms with van der Waals surface area (Å²) in [5, 5.41) is 17.6. The van der Waals surface area contributed by atoms with E-state index in [9.17, 15) is 14.9 Å². The fourth-order valence-electron chi connectivity index (χ4n) is 1.99. The van der Waals surface area contributed by atoms with Gasteiger partial charge in [-0.15, -0.1) is 0 Å². The molecule has 0 aliphatic rings. The maximum absolute atomic E-state index is 11.9. The van der Waals surface area contributed by atoms with Crippen LogP contribution in [0, 0.1) is 10.1 Å². The molecular formula is C13H15N5O3. The highest BCUT2D eigenvalue weighted by atomic mass is 16.6. The maximum atomic E-state index is 11.9. The average Bonchev–Trinajstić information content (AvgIpc) is 2.91. The minimum absolute atomic E-state index is 0.0289. The molecule has 0 spiro atoms. The van der Waals surface area contributed by atoms with E-state index in [1.54, 1.807) is 29.2 Å². The number of para-hydroxylation sites is 1. The zero-order valence-corrected chi connectivity index (χ0v) is 11.5. The number of carbonyl (C=O) groups excluding carboxylic acids is 1. The lowest BCUT2D eigenvalue weighted by Gasteiger charge is -2.13. The first-order chi connectivity index (χ1) is 10.1. The van der Waals surface area contributed by atoms with E-state index in [0.717, 1.165) is 0 Å². The minimum atomic E-state index is -0.485. The van der Waals surface area contributed by atoms with Gasteiger partial charge in [0.05, 0.1) is 17.9 Å². The highest BCUT2D eigenvalue weighted by molar-refractivity contribution is 5.80. The van der Waals surface area contributed by atoms with E-state index in [1.807, 2.05) is 6.92 Å². The third-order valence-corrected chi connectivity index (χ3v) is 2.87. The molecular weight excluding hydrogens is 274 g/mol. The van der Waals surface area contributed by atoms with Crippen LogP contribution in [0.1, 0.15) is 12.5 Å². The molecule has 8 heteroatoms. The first-order valence-electron chi connectivity index (χ1n) is 6.40. The summed E-state index contributed by atoms with van der Waals surface area (Å²) in [5.41, 5.74) is 0.351. The first-order valence-corrected chi connectivity index (χ1v) is 6.40. The highest BCUT2D eigenvalue weighted by Gasteiger charge is 2.16. The highest BCUT2D eigenvalue weighted by Crippen LogP contribution is 2.17. The van der Waals surface area contributed by atoms with Crippen LogP contribution in [-0.4, -0.2) is 31.6 Å². The summed E-state index contributed by atoms with van der Waals surface area (Å²) in [7, 11) is 0. The molecule has 110 valence electrons. The summed E-state index contributed by atoms with van der Waals surface area (Å²) in [5.74, 6) is -0.267. The average molecular weight is 289 g/mol. The first kappa shape index (κ1) is 14.6. The van der Waals surface area contributed by atoms with Gasteiger partial charge in [0.15, 0.2) is 0 Å².